The standard InChI is InChI=1S/C17H13ClN4OS/c1-24-17-20-16(23)14-12-4-2-3-5-13(12)19-15(22(14)21-17)10-6-8-11(18)9-7-10/h2-9,15H,1H3,(H,20,21,23)/t15-/m0/s1. The molecule has 1 amide bonds. The number of carbonyl (C=O) groups is 1. The Morgan fingerprint density at radius 2 is 1.92 bits per heavy atom. The molecule has 24 heavy (non-hydrogen) atoms. The van der Waals surface area contributed by atoms with Crippen LogP contribution in [0.15, 0.2) is 58.6 Å². The van der Waals surface area contributed by atoms with Crippen LogP contribution in [0.3, 0.4) is 0 Å². The van der Waals surface area contributed by atoms with E-state index in [2.05, 4.69) is 10.4 Å². The van der Waals surface area contributed by atoms with Crippen LogP contribution < -0.4 is 15.9 Å². The molecular weight excluding hydrogens is 344 g/mol. The van der Waals surface area contributed by atoms with E-state index in [1.54, 1.807) is 5.01 Å². The zero-order chi connectivity index (χ0) is 16.7. The van der Waals surface area contributed by atoms with Crippen LogP contribution in [0.2, 0.25) is 5.02 Å². The van der Waals surface area contributed by atoms with E-state index in [1.807, 2.05) is 54.8 Å². The lowest BCUT2D eigenvalue weighted by molar-refractivity contribution is -0.116. The number of thioether (sulfide) groups is 1. The molecule has 2 heterocycles. The molecule has 0 unspecified atom stereocenters. The molecule has 5 nitrogen and oxygen atoms in total. The Labute approximate surface area is 147 Å². The predicted octanol–water partition coefficient (Wildman–Crippen LogP) is 1.85. The molecule has 0 spiro atoms. The highest BCUT2D eigenvalue weighted by atomic mass is 35.5. The van der Waals surface area contributed by atoms with Gasteiger partial charge < -0.3 is 0 Å². The van der Waals surface area contributed by atoms with E-state index in [0.29, 0.717) is 15.9 Å². The lowest BCUT2D eigenvalue weighted by Gasteiger charge is -2.33. The van der Waals surface area contributed by atoms with Crippen LogP contribution in [-0.4, -0.2) is 22.3 Å². The molecule has 0 saturated heterocycles. The molecule has 2 aliphatic rings. The summed E-state index contributed by atoms with van der Waals surface area (Å²) in [6, 6.07) is 15.0. The van der Waals surface area contributed by atoms with Gasteiger partial charge >= 0.3 is 0 Å². The minimum atomic E-state index is -0.402. The first-order chi connectivity index (χ1) is 11.7. The number of hydrogen-bond donors (Lipinski definition) is 1. The lowest BCUT2D eigenvalue weighted by Crippen LogP contribution is -2.50. The highest BCUT2D eigenvalue weighted by Gasteiger charge is 2.33. The summed E-state index contributed by atoms with van der Waals surface area (Å²) in [5, 5.41) is 11.8. The van der Waals surface area contributed by atoms with Crippen LogP contribution in [0, 0.1) is 0 Å². The van der Waals surface area contributed by atoms with E-state index in [1.165, 1.54) is 11.8 Å². The van der Waals surface area contributed by atoms with Gasteiger partial charge in [-0.05, 0) is 30.0 Å². The molecule has 0 radical (unpaired) electrons. The molecule has 0 aromatic heterocycles. The second kappa shape index (κ2) is 5.96. The van der Waals surface area contributed by atoms with Crippen molar-refractivity contribution in [3.05, 3.63) is 69.7 Å². The van der Waals surface area contributed by atoms with E-state index in [-0.39, 0.29) is 5.91 Å². The molecule has 4 rings (SSSR count). The molecule has 1 atom stereocenters. The highest BCUT2D eigenvalue weighted by Crippen LogP contribution is 2.30. The Kier molecular flexibility index (Phi) is 3.78. The maximum absolute atomic E-state index is 12.6. The second-order valence-electron chi connectivity index (χ2n) is 5.33. The van der Waals surface area contributed by atoms with E-state index in [4.69, 9.17) is 16.6 Å². The Hall–Kier alpha value is -2.31. The smallest absolute Gasteiger partial charge is 0.276 e. The number of hydrogen-bond acceptors (Lipinski definition) is 5. The van der Waals surface area contributed by atoms with Crippen LogP contribution in [0.4, 0.5) is 0 Å². The molecular formula is C17H13ClN4OS. The molecule has 2 aromatic rings. The van der Waals surface area contributed by atoms with Crippen molar-refractivity contribution in [3.8, 4) is 0 Å². The van der Waals surface area contributed by atoms with Gasteiger partial charge in [-0.25, -0.2) is 5.01 Å². The Bertz CT molecular complexity index is 971. The number of rotatable bonds is 1. The third-order valence-electron chi connectivity index (χ3n) is 3.88. The van der Waals surface area contributed by atoms with Crippen LogP contribution in [0.1, 0.15) is 11.7 Å². The van der Waals surface area contributed by atoms with Gasteiger partial charge in [0.1, 0.15) is 5.70 Å². The summed E-state index contributed by atoms with van der Waals surface area (Å²) >= 11 is 7.38. The van der Waals surface area contributed by atoms with Gasteiger partial charge in [0.15, 0.2) is 11.3 Å². The van der Waals surface area contributed by atoms with Crippen molar-refractivity contribution >= 4 is 40.1 Å². The first kappa shape index (κ1) is 15.2. The molecule has 0 saturated carbocycles. The number of nitrogens with zero attached hydrogens (tertiary/aromatic N) is 3. The number of nitrogens with one attached hydrogen (secondary N) is 1. The number of halogens is 1. The zero-order valence-electron chi connectivity index (χ0n) is 12.7. The highest BCUT2D eigenvalue weighted by molar-refractivity contribution is 8.13. The summed E-state index contributed by atoms with van der Waals surface area (Å²) in [6.07, 6.45) is 1.47. The number of amidine groups is 1. The van der Waals surface area contributed by atoms with Crippen molar-refractivity contribution in [2.24, 2.45) is 10.1 Å². The fourth-order valence-electron chi connectivity index (χ4n) is 2.77. The maximum Gasteiger partial charge on any atom is 0.276 e. The Morgan fingerprint density at radius 1 is 1.17 bits per heavy atom. The van der Waals surface area contributed by atoms with Crippen LogP contribution in [0.5, 0.6) is 0 Å². The number of benzene rings is 2. The third kappa shape index (κ3) is 2.48. The van der Waals surface area contributed by atoms with Crippen molar-refractivity contribution in [2.45, 2.75) is 6.17 Å². The molecule has 1 N–H and O–H groups in total. The van der Waals surface area contributed by atoms with Gasteiger partial charge in [0, 0.05) is 10.2 Å². The van der Waals surface area contributed by atoms with Crippen molar-refractivity contribution in [2.75, 3.05) is 6.26 Å². The third-order valence-corrected chi connectivity index (χ3v) is 4.70. The second-order valence-corrected chi connectivity index (χ2v) is 6.56. The van der Waals surface area contributed by atoms with E-state index < -0.39 is 6.17 Å². The van der Waals surface area contributed by atoms with Crippen LogP contribution in [0.25, 0.3) is 5.70 Å². The minimum Gasteiger partial charge on any atom is -0.298 e. The topological polar surface area (TPSA) is 57.1 Å². The summed E-state index contributed by atoms with van der Waals surface area (Å²) in [5.74, 6) is -0.171. The molecule has 0 fully saturated rings. The molecule has 0 aliphatic carbocycles. The fraction of sp³-hybridized carbons (Fsp3) is 0.118. The SMILES string of the molecule is CSC1=NN2C(=c3ccccc3=N[C@@H]2c2ccc(Cl)cc2)C(=O)N1. The predicted molar refractivity (Wildman–Crippen MR) is 95.8 cm³/mol. The number of carbonyl (C=O) groups excluding carboxylic acids is 1. The van der Waals surface area contributed by atoms with E-state index in [9.17, 15) is 4.79 Å². The van der Waals surface area contributed by atoms with Gasteiger partial charge in [-0.1, -0.05) is 53.7 Å². The molecule has 120 valence electrons. The van der Waals surface area contributed by atoms with Crippen molar-refractivity contribution in [1.82, 2.24) is 10.3 Å². The van der Waals surface area contributed by atoms with Crippen molar-refractivity contribution < 1.29 is 4.79 Å². The maximum atomic E-state index is 12.6. The summed E-state index contributed by atoms with van der Waals surface area (Å²) in [7, 11) is 0. The van der Waals surface area contributed by atoms with Gasteiger partial charge in [-0.2, -0.15) is 0 Å². The van der Waals surface area contributed by atoms with Gasteiger partial charge in [-0.15, -0.1) is 5.10 Å². The molecule has 0 bridgehead atoms. The molecule has 2 aliphatic heterocycles. The Morgan fingerprint density at radius 3 is 2.67 bits per heavy atom. The van der Waals surface area contributed by atoms with Gasteiger partial charge in [-0.3, -0.25) is 15.1 Å². The minimum absolute atomic E-state index is 0.171. The number of fused-ring (bicyclic) bond motifs is 2. The molecule has 2 aromatic carbocycles. The lowest BCUT2D eigenvalue weighted by atomic mass is 10.1. The number of para-hydroxylation sites is 1. The quantitative estimate of drug-likeness (QED) is 0.848. The average Bonchev–Trinajstić information content (AvgIpc) is 2.61. The number of hydrazone groups is 1. The number of amides is 1. The van der Waals surface area contributed by atoms with Gasteiger partial charge in [0.05, 0.1) is 5.36 Å². The summed E-state index contributed by atoms with van der Waals surface area (Å²) in [6.45, 7) is 0. The van der Waals surface area contributed by atoms with Gasteiger partial charge in [0.2, 0.25) is 0 Å². The average molecular weight is 357 g/mol. The van der Waals surface area contributed by atoms with Gasteiger partial charge in [0.25, 0.3) is 5.91 Å². The van der Waals surface area contributed by atoms with Crippen molar-refractivity contribution in [1.29, 1.82) is 0 Å². The monoisotopic (exact) mass is 356 g/mol. The van der Waals surface area contributed by atoms with E-state index in [0.717, 1.165) is 16.1 Å². The Balaban J connectivity index is 1.97. The zero-order valence-corrected chi connectivity index (χ0v) is 14.3. The summed E-state index contributed by atoms with van der Waals surface area (Å²) < 4.78 is 0. The van der Waals surface area contributed by atoms with Crippen molar-refractivity contribution in [3.63, 3.8) is 0 Å². The van der Waals surface area contributed by atoms with Crippen LogP contribution in [-0.2, 0) is 4.79 Å². The molecule has 7 heteroatoms. The van der Waals surface area contributed by atoms with Crippen LogP contribution >= 0.6 is 23.4 Å². The normalized spacial score (nSPS) is 19.0. The summed E-state index contributed by atoms with van der Waals surface area (Å²) in [5.41, 5.74) is 1.43. The van der Waals surface area contributed by atoms with E-state index >= 15 is 0 Å². The summed E-state index contributed by atoms with van der Waals surface area (Å²) in [4.78, 5) is 17.4. The largest absolute Gasteiger partial charge is 0.298 e. The fourth-order valence-corrected chi connectivity index (χ4v) is 3.26. The first-order valence-electron chi connectivity index (χ1n) is 7.33. The first-order valence-corrected chi connectivity index (χ1v) is 8.93.